The maximum absolute atomic E-state index is 12.6. The molecule has 0 unspecified atom stereocenters. The Balaban J connectivity index is 1.17. The number of likely N-dealkylation sites (N-methyl/N-ethyl adjacent to an activating group) is 1. The van der Waals surface area contributed by atoms with Crippen molar-refractivity contribution in [3.05, 3.63) is 41.7 Å². The van der Waals surface area contributed by atoms with Gasteiger partial charge < -0.3 is 30.7 Å². The molecular formula is C30H39N9O2. The molecule has 0 bridgehead atoms. The van der Waals surface area contributed by atoms with Gasteiger partial charge in [-0.15, -0.1) is 0 Å². The molecule has 3 amide bonds. The van der Waals surface area contributed by atoms with E-state index >= 15 is 0 Å². The second kappa shape index (κ2) is 11.2. The average molecular weight is 558 g/mol. The largest absolute Gasteiger partial charge is 0.364 e. The summed E-state index contributed by atoms with van der Waals surface area (Å²) in [5.74, 6) is 0.276. The van der Waals surface area contributed by atoms with Crippen LogP contribution in [-0.4, -0.2) is 95.0 Å². The van der Waals surface area contributed by atoms with Crippen LogP contribution in [-0.2, 0) is 5.41 Å². The van der Waals surface area contributed by atoms with E-state index in [4.69, 9.17) is 10.7 Å². The molecule has 3 aliphatic heterocycles. The Bertz CT molecular complexity index is 1330. The summed E-state index contributed by atoms with van der Waals surface area (Å²) in [6.07, 6.45) is 9.02. The molecule has 2 aromatic rings. The number of anilines is 3. The lowest BCUT2D eigenvalue weighted by molar-refractivity contribution is 0.0854. The van der Waals surface area contributed by atoms with E-state index < -0.39 is 11.3 Å². The lowest BCUT2D eigenvalue weighted by Crippen LogP contribution is -2.49. The highest BCUT2D eigenvalue weighted by Crippen LogP contribution is 2.38. The van der Waals surface area contributed by atoms with Crippen LogP contribution in [0.4, 0.5) is 22.1 Å². The number of rotatable bonds is 7. The molecule has 4 aliphatic rings. The molecule has 0 radical (unpaired) electrons. The van der Waals surface area contributed by atoms with E-state index in [1.807, 2.05) is 36.2 Å². The lowest BCUT2D eigenvalue weighted by atomic mass is 9.73. The van der Waals surface area contributed by atoms with Gasteiger partial charge in [0.05, 0.1) is 23.7 Å². The van der Waals surface area contributed by atoms with Crippen LogP contribution in [0, 0.1) is 11.3 Å². The molecule has 1 aromatic heterocycles. The van der Waals surface area contributed by atoms with Gasteiger partial charge in [0.2, 0.25) is 0 Å². The van der Waals surface area contributed by atoms with Crippen molar-refractivity contribution in [2.24, 2.45) is 5.73 Å². The van der Waals surface area contributed by atoms with E-state index in [0.29, 0.717) is 24.2 Å². The van der Waals surface area contributed by atoms with Crippen molar-refractivity contribution < 1.29 is 9.59 Å². The summed E-state index contributed by atoms with van der Waals surface area (Å²) >= 11 is 0. The Hall–Kier alpha value is -3.91. The minimum absolute atomic E-state index is 0.0691. The summed E-state index contributed by atoms with van der Waals surface area (Å²) < 4.78 is 0. The maximum Gasteiger partial charge on any atom is 0.320 e. The summed E-state index contributed by atoms with van der Waals surface area (Å²) in [6.45, 7) is 4.85. The fourth-order valence-electron chi connectivity index (χ4n) is 6.72. The fraction of sp³-hybridized carbons (Fsp3) is 0.567. The molecule has 0 spiro atoms. The summed E-state index contributed by atoms with van der Waals surface area (Å²) in [7, 11) is 1.83. The second-order valence-corrected chi connectivity index (χ2v) is 11.9. The molecule has 11 heteroatoms. The number of piperidine rings is 2. The van der Waals surface area contributed by atoms with Crippen LogP contribution in [0.1, 0.15) is 61.0 Å². The lowest BCUT2D eigenvalue weighted by Gasteiger charge is -2.44. The van der Waals surface area contributed by atoms with E-state index in [1.165, 1.54) is 19.3 Å². The Kier molecular flexibility index (Phi) is 7.43. The second-order valence-electron chi connectivity index (χ2n) is 11.9. The SMILES string of the molecule is CN1CCN([C@@H]2CCCN(c3cnc(C(N)=O)c(Nc4ccc(C5(C#N)CCN(C6CCC6)CC5)cc4)n3)C2)C1=O. The normalized spacial score (nSPS) is 23.3. The van der Waals surface area contributed by atoms with E-state index in [9.17, 15) is 14.9 Å². The number of nitrogens with zero attached hydrogens (tertiary/aromatic N) is 7. The highest BCUT2D eigenvalue weighted by molar-refractivity contribution is 5.96. The standard InChI is InChI=1S/C30H39N9O2/c1-36-16-17-39(29(36)41)24-6-3-13-38(19-24)25-18-33-26(27(32)40)28(35-25)34-22-9-7-21(8-10-22)30(20-31)11-14-37(15-12-30)23-4-2-5-23/h7-10,18,23-24H,2-6,11-17,19H2,1H3,(H2,32,40)(H,34,35)/t24-/m1/s1. The molecule has 4 heterocycles. The number of carbonyl (C=O) groups is 2. The van der Waals surface area contributed by atoms with Gasteiger partial charge in [0.25, 0.3) is 5.91 Å². The summed E-state index contributed by atoms with van der Waals surface area (Å²) in [4.78, 5) is 42.3. The molecule has 1 saturated carbocycles. The van der Waals surface area contributed by atoms with Crippen LogP contribution in [0.5, 0.6) is 0 Å². The van der Waals surface area contributed by atoms with Crippen molar-refractivity contribution in [2.75, 3.05) is 56.5 Å². The first-order valence-electron chi connectivity index (χ1n) is 14.8. The van der Waals surface area contributed by atoms with Gasteiger partial charge in [0.15, 0.2) is 11.5 Å². The first kappa shape index (κ1) is 27.3. The van der Waals surface area contributed by atoms with Gasteiger partial charge in [-0.2, -0.15) is 5.26 Å². The smallest absolute Gasteiger partial charge is 0.320 e. The van der Waals surface area contributed by atoms with E-state index in [2.05, 4.69) is 26.2 Å². The highest BCUT2D eigenvalue weighted by atomic mass is 16.2. The number of likely N-dealkylation sites (tertiary alicyclic amines) is 1. The number of nitriles is 1. The number of hydrogen-bond acceptors (Lipinski definition) is 8. The van der Waals surface area contributed by atoms with Crippen LogP contribution in [0.15, 0.2) is 30.5 Å². The molecule has 6 rings (SSSR count). The van der Waals surface area contributed by atoms with Crippen molar-refractivity contribution in [3.8, 4) is 6.07 Å². The van der Waals surface area contributed by atoms with Gasteiger partial charge in [-0.3, -0.25) is 4.79 Å². The van der Waals surface area contributed by atoms with Gasteiger partial charge in [-0.05, 0) is 56.2 Å². The molecule has 41 heavy (non-hydrogen) atoms. The highest BCUT2D eigenvalue weighted by Gasteiger charge is 2.39. The van der Waals surface area contributed by atoms with E-state index in [1.54, 1.807) is 11.1 Å². The van der Waals surface area contributed by atoms with Crippen molar-refractivity contribution in [1.82, 2.24) is 24.7 Å². The molecular weight excluding hydrogens is 518 g/mol. The monoisotopic (exact) mass is 557 g/mol. The molecule has 4 fully saturated rings. The van der Waals surface area contributed by atoms with Crippen LogP contribution in [0.3, 0.4) is 0 Å². The van der Waals surface area contributed by atoms with E-state index in [0.717, 1.165) is 69.7 Å². The molecule has 1 atom stereocenters. The number of primary amides is 1. The van der Waals surface area contributed by atoms with Crippen LogP contribution in [0.25, 0.3) is 0 Å². The van der Waals surface area contributed by atoms with Crippen LogP contribution >= 0.6 is 0 Å². The van der Waals surface area contributed by atoms with Crippen molar-refractivity contribution >= 4 is 29.3 Å². The zero-order valence-corrected chi connectivity index (χ0v) is 23.8. The summed E-state index contributed by atoms with van der Waals surface area (Å²) in [6, 6.07) is 11.4. The summed E-state index contributed by atoms with van der Waals surface area (Å²) in [5.41, 5.74) is 7.00. The molecule has 3 N–H and O–H groups in total. The van der Waals surface area contributed by atoms with Gasteiger partial charge in [0, 0.05) is 58.0 Å². The number of benzene rings is 1. The number of nitrogens with one attached hydrogen (secondary N) is 1. The number of urea groups is 1. The molecule has 11 nitrogen and oxygen atoms in total. The Morgan fingerprint density at radius 1 is 1.05 bits per heavy atom. The maximum atomic E-state index is 12.6. The van der Waals surface area contributed by atoms with Crippen LogP contribution < -0.4 is 16.0 Å². The Labute approximate surface area is 241 Å². The topological polar surface area (TPSA) is 135 Å². The minimum atomic E-state index is -0.660. The van der Waals surface area contributed by atoms with Gasteiger partial charge in [0.1, 0.15) is 5.82 Å². The molecule has 1 aromatic carbocycles. The molecule has 216 valence electrons. The molecule has 1 aliphatic carbocycles. The Morgan fingerprint density at radius 2 is 1.78 bits per heavy atom. The Morgan fingerprint density at radius 3 is 2.39 bits per heavy atom. The number of amides is 3. The number of carbonyl (C=O) groups excluding carboxylic acids is 2. The third-order valence-corrected chi connectivity index (χ3v) is 9.56. The predicted octanol–water partition coefficient (Wildman–Crippen LogP) is 3.06. The van der Waals surface area contributed by atoms with Crippen LogP contribution in [0.2, 0.25) is 0 Å². The van der Waals surface area contributed by atoms with Gasteiger partial charge >= 0.3 is 6.03 Å². The zero-order valence-electron chi connectivity index (χ0n) is 23.8. The summed E-state index contributed by atoms with van der Waals surface area (Å²) in [5, 5.41) is 13.4. The average Bonchev–Trinajstić information content (AvgIpc) is 3.30. The first-order valence-corrected chi connectivity index (χ1v) is 14.8. The quantitative estimate of drug-likeness (QED) is 0.530. The van der Waals surface area contributed by atoms with E-state index in [-0.39, 0.29) is 17.8 Å². The van der Waals surface area contributed by atoms with Gasteiger partial charge in [-0.25, -0.2) is 14.8 Å². The first-order chi connectivity index (χ1) is 19.9. The van der Waals surface area contributed by atoms with Crippen molar-refractivity contribution in [1.29, 1.82) is 5.26 Å². The third-order valence-electron chi connectivity index (χ3n) is 9.56. The minimum Gasteiger partial charge on any atom is -0.364 e. The zero-order chi connectivity index (χ0) is 28.6. The fourth-order valence-corrected chi connectivity index (χ4v) is 6.72. The number of nitrogens with two attached hydrogens (primary N) is 1. The third kappa shape index (κ3) is 5.28. The van der Waals surface area contributed by atoms with Gasteiger partial charge in [-0.1, -0.05) is 18.6 Å². The molecule has 3 saturated heterocycles. The number of aromatic nitrogens is 2. The van der Waals surface area contributed by atoms with Crippen molar-refractivity contribution in [3.63, 3.8) is 0 Å². The predicted molar refractivity (Wildman–Crippen MR) is 156 cm³/mol. The van der Waals surface area contributed by atoms with Crippen molar-refractivity contribution in [2.45, 2.75) is 62.4 Å². The number of hydrogen-bond donors (Lipinski definition) is 2.